The number of rotatable bonds is 5. The van der Waals surface area contributed by atoms with E-state index >= 15 is 0 Å². The highest BCUT2D eigenvalue weighted by molar-refractivity contribution is 5.37. The van der Waals surface area contributed by atoms with Gasteiger partial charge >= 0.3 is 0 Å². The molecular weight excluding hydrogens is 278 g/mol. The molecule has 0 N–H and O–H groups in total. The number of ether oxygens (including phenoxy) is 2. The van der Waals surface area contributed by atoms with Gasteiger partial charge in [0.25, 0.3) is 0 Å². The fraction of sp³-hybridized carbons (Fsp3) is 0.167. The van der Waals surface area contributed by atoms with Crippen molar-refractivity contribution in [2.75, 3.05) is 0 Å². The van der Waals surface area contributed by atoms with Crippen molar-refractivity contribution in [3.63, 3.8) is 0 Å². The van der Waals surface area contributed by atoms with Crippen LogP contribution in [0.2, 0.25) is 0 Å². The maximum atomic E-state index is 5.81. The lowest BCUT2D eigenvalue weighted by molar-refractivity contribution is 0.259. The number of nitrogens with zero attached hydrogens (tertiary/aromatic N) is 1. The highest BCUT2D eigenvalue weighted by Gasteiger charge is 2.04. The van der Waals surface area contributed by atoms with Crippen LogP contribution in [0.15, 0.2) is 59.1 Å². The van der Waals surface area contributed by atoms with Crippen molar-refractivity contribution in [1.82, 2.24) is 4.98 Å². The van der Waals surface area contributed by atoms with Crippen molar-refractivity contribution in [2.24, 2.45) is 0 Å². The molecule has 0 bridgehead atoms. The predicted molar refractivity (Wildman–Crippen MR) is 83.3 cm³/mol. The van der Waals surface area contributed by atoms with Crippen LogP contribution in [0.1, 0.15) is 17.2 Å². The van der Waals surface area contributed by atoms with Gasteiger partial charge in [0.15, 0.2) is 6.61 Å². The van der Waals surface area contributed by atoms with E-state index < -0.39 is 0 Å². The molecule has 0 radical (unpaired) electrons. The molecule has 2 aromatic carbocycles. The SMILES string of the molecule is Cc1ccc(Oc2cccc(OCc3ncc(C)o3)c2)cc1. The van der Waals surface area contributed by atoms with Crippen LogP contribution < -0.4 is 9.47 Å². The van der Waals surface area contributed by atoms with Crippen molar-refractivity contribution in [3.05, 3.63) is 71.9 Å². The van der Waals surface area contributed by atoms with Gasteiger partial charge in [0.2, 0.25) is 5.89 Å². The first-order valence-corrected chi connectivity index (χ1v) is 7.08. The minimum absolute atomic E-state index is 0.293. The molecule has 0 aliphatic rings. The molecule has 0 aliphatic carbocycles. The second kappa shape index (κ2) is 6.35. The Morgan fingerprint density at radius 2 is 1.73 bits per heavy atom. The molecule has 4 nitrogen and oxygen atoms in total. The van der Waals surface area contributed by atoms with Crippen LogP contribution >= 0.6 is 0 Å². The van der Waals surface area contributed by atoms with E-state index in [9.17, 15) is 0 Å². The van der Waals surface area contributed by atoms with Crippen molar-refractivity contribution >= 4 is 0 Å². The van der Waals surface area contributed by atoms with E-state index in [2.05, 4.69) is 4.98 Å². The largest absolute Gasteiger partial charge is 0.484 e. The summed E-state index contributed by atoms with van der Waals surface area (Å²) in [5, 5.41) is 0. The standard InChI is InChI=1S/C18H17NO3/c1-13-6-8-15(9-7-13)22-17-5-3-4-16(10-17)20-12-18-19-11-14(2)21-18/h3-11H,12H2,1-2H3. The lowest BCUT2D eigenvalue weighted by atomic mass is 10.2. The van der Waals surface area contributed by atoms with E-state index in [0.717, 1.165) is 17.3 Å². The Hall–Kier alpha value is -2.75. The molecule has 0 aliphatic heterocycles. The van der Waals surface area contributed by atoms with Crippen molar-refractivity contribution in [1.29, 1.82) is 0 Å². The van der Waals surface area contributed by atoms with Crippen LogP contribution in [-0.4, -0.2) is 4.98 Å². The Morgan fingerprint density at radius 3 is 2.45 bits per heavy atom. The number of benzene rings is 2. The Labute approximate surface area is 129 Å². The summed E-state index contributed by atoms with van der Waals surface area (Å²) >= 11 is 0. The minimum atomic E-state index is 0.293. The third kappa shape index (κ3) is 3.67. The van der Waals surface area contributed by atoms with Crippen molar-refractivity contribution in [2.45, 2.75) is 20.5 Å². The molecule has 4 heteroatoms. The molecule has 1 aromatic heterocycles. The summed E-state index contributed by atoms with van der Waals surface area (Å²) < 4.78 is 16.9. The topological polar surface area (TPSA) is 44.5 Å². The lowest BCUT2D eigenvalue weighted by Gasteiger charge is -2.08. The molecule has 0 saturated heterocycles. The van der Waals surface area contributed by atoms with E-state index in [4.69, 9.17) is 13.9 Å². The van der Waals surface area contributed by atoms with Gasteiger partial charge in [0.1, 0.15) is 23.0 Å². The van der Waals surface area contributed by atoms with Gasteiger partial charge in [0.05, 0.1) is 6.20 Å². The molecule has 0 unspecified atom stereocenters. The first-order chi connectivity index (χ1) is 10.7. The van der Waals surface area contributed by atoms with Gasteiger partial charge in [-0.3, -0.25) is 0 Å². The summed E-state index contributed by atoms with van der Waals surface area (Å²) in [5.74, 6) is 3.56. The van der Waals surface area contributed by atoms with Gasteiger partial charge in [-0.2, -0.15) is 0 Å². The molecule has 0 atom stereocenters. The first kappa shape index (κ1) is 14.2. The van der Waals surface area contributed by atoms with E-state index in [1.807, 2.05) is 62.4 Å². The third-order valence-corrected chi connectivity index (χ3v) is 3.09. The normalized spacial score (nSPS) is 10.5. The molecule has 0 saturated carbocycles. The Morgan fingerprint density at radius 1 is 0.955 bits per heavy atom. The summed E-state index contributed by atoms with van der Waals surface area (Å²) in [6.07, 6.45) is 1.68. The Balaban J connectivity index is 1.65. The van der Waals surface area contributed by atoms with Crippen LogP contribution in [0.4, 0.5) is 0 Å². The van der Waals surface area contributed by atoms with E-state index in [1.54, 1.807) is 6.20 Å². The second-order valence-corrected chi connectivity index (χ2v) is 5.04. The number of aromatic nitrogens is 1. The van der Waals surface area contributed by atoms with Gasteiger partial charge in [-0.1, -0.05) is 23.8 Å². The van der Waals surface area contributed by atoms with E-state index in [0.29, 0.717) is 18.2 Å². The van der Waals surface area contributed by atoms with Crippen LogP contribution in [0.3, 0.4) is 0 Å². The summed E-state index contributed by atoms with van der Waals surface area (Å²) in [5.41, 5.74) is 1.20. The first-order valence-electron chi connectivity index (χ1n) is 7.08. The number of hydrogen-bond acceptors (Lipinski definition) is 4. The van der Waals surface area contributed by atoms with Gasteiger partial charge in [-0.05, 0) is 38.1 Å². The summed E-state index contributed by atoms with van der Waals surface area (Å²) in [4.78, 5) is 4.11. The third-order valence-electron chi connectivity index (χ3n) is 3.09. The Bertz CT molecular complexity index is 747. The minimum Gasteiger partial charge on any atom is -0.484 e. The molecule has 1 heterocycles. The van der Waals surface area contributed by atoms with Gasteiger partial charge in [0, 0.05) is 6.07 Å². The maximum Gasteiger partial charge on any atom is 0.232 e. The van der Waals surface area contributed by atoms with Crippen molar-refractivity contribution in [3.8, 4) is 17.2 Å². The quantitative estimate of drug-likeness (QED) is 0.686. The van der Waals surface area contributed by atoms with Crippen molar-refractivity contribution < 1.29 is 13.9 Å². The molecule has 112 valence electrons. The smallest absolute Gasteiger partial charge is 0.232 e. The van der Waals surface area contributed by atoms with Crippen LogP contribution in [0.5, 0.6) is 17.2 Å². The molecule has 3 aromatic rings. The zero-order valence-corrected chi connectivity index (χ0v) is 12.6. The predicted octanol–water partition coefficient (Wildman–Crippen LogP) is 4.66. The summed E-state index contributed by atoms with van der Waals surface area (Å²) in [7, 11) is 0. The fourth-order valence-corrected chi connectivity index (χ4v) is 1.98. The van der Waals surface area contributed by atoms with Crippen LogP contribution in [0, 0.1) is 13.8 Å². The molecule has 0 fully saturated rings. The molecular formula is C18H17NO3. The number of hydrogen-bond donors (Lipinski definition) is 0. The number of aryl methyl sites for hydroxylation is 2. The summed E-state index contributed by atoms with van der Waals surface area (Å²) in [6.45, 7) is 4.19. The van der Waals surface area contributed by atoms with E-state index in [1.165, 1.54) is 5.56 Å². The maximum absolute atomic E-state index is 5.81. The zero-order valence-electron chi connectivity index (χ0n) is 12.6. The van der Waals surface area contributed by atoms with Crippen LogP contribution in [0.25, 0.3) is 0 Å². The average molecular weight is 295 g/mol. The summed E-state index contributed by atoms with van der Waals surface area (Å²) in [6, 6.07) is 15.4. The monoisotopic (exact) mass is 295 g/mol. The van der Waals surface area contributed by atoms with E-state index in [-0.39, 0.29) is 0 Å². The second-order valence-electron chi connectivity index (χ2n) is 5.04. The van der Waals surface area contributed by atoms with Gasteiger partial charge < -0.3 is 13.9 Å². The molecule has 3 rings (SSSR count). The molecule has 0 amide bonds. The van der Waals surface area contributed by atoms with Gasteiger partial charge in [-0.25, -0.2) is 4.98 Å². The highest BCUT2D eigenvalue weighted by atomic mass is 16.5. The zero-order chi connectivity index (χ0) is 15.4. The van der Waals surface area contributed by atoms with Gasteiger partial charge in [-0.15, -0.1) is 0 Å². The Kier molecular flexibility index (Phi) is 4.10. The number of oxazole rings is 1. The lowest BCUT2D eigenvalue weighted by Crippen LogP contribution is -1.95. The highest BCUT2D eigenvalue weighted by Crippen LogP contribution is 2.25. The molecule has 22 heavy (non-hydrogen) atoms. The fourth-order valence-electron chi connectivity index (χ4n) is 1.98. The average Bonchev–Trinajstić information content (AvgIpc) is 2.94. The van der Waals surface area contributed by atoms with Crippen LogP contribution in [-0.2, 0) is 6.61 Å². The molecule has 0 spiro atoms.